The molecule has 164 valence electrons. The zero-order valence-corrected chi connectivity index (χ0v) is 18.4. The van der Waals surface area contributed by atoms with Crippen molar-refractivity contribution in [2.45, 2.75) is 45.1 Å². The van der Waals surface area contributed by atoms with E-state index in [4.69, 9.17) is 0 Å². The van der Waals surface area contributed by atoms with Crippen LogP contribution in [0, 0.1) is 13.8 Å². The Labute approximate surface area is 182 Å². The molecule has 3 heterocycles. The molecule has 1 aliphatic rings. The second-order valence-corrected chi connectivity index (χ2v) is 8.72. The Kier molecular flexibility index (Phi) is 5.91. The van der Waals surface area contributed by atoms with E-state index in [0.717, 1.165) is 41.3 Å². The Balaban J connectivity index is 1.34. The van der Waals surface area contributed by atoms with E-state index in [1.165, 1.54) is 5.56 Å². The lowest BCUT2D eigenvalue weighted by Gasteiger charge is -2.41. The minimum Gasteiger partial charge on any atom is -0.386 e. The molecular weight excluding hydrogens is 392 g/mol. The summed E-state index contributed by atoms with van der Waals surface area (Å²) in [4.78, 5) is 32.8. The van der Waals surface area contributed by atoms with E-state index in [0.29, 0.717) is 32.4 Å². The second-order valence-electron chi connectivity index (χ2n) is 8.72. The van der Waals surface area contributed by atoms with Crippen molar-refractivity contribution >= 4 is 22.8 Å². The van der Waals surface area contributed by atoms with Crippen LogP contribution in [0.15, 0.2) is 30.6 Å². The summed E-state index contributed by atoms with van der Waals surface area (Å²) >= 11 is 0. The first-order valence-corrected chi connectivity index (χ1v) is 10.8. The van der Waals surface area contributed by atoms with Gasteiger partial charge in [-0.2, -0.15) is 0 Å². The number of hydrogen-bond donors (Lipinski definition) is 2. The monoisotopic (exact) mass is 422 g/mol. The van der Waals surface area contributed by atoms with E-state index in [1.807, 2.05) is 32.0 Å². The highest BCUT2D eigenvalue weighted by Crippen LogP contribution is 2.26. The van der Waals surface area contributed by atoms with Crippen molar-refractivity contribution < 1.29 is 9.90 Å². The molecule has 3 aromatic rings. The number of piperidine rings is 1. The number of β-amino-alcohol motifs (C(OH)–C–C–N with tert-alkyl or cyclic N) is 1. The number of aromatic amines is 1. The van der Waals surface area contributed by atoms with Gasteiger partial charge in [-0.1, -0.05) is 6.07 Å². The van der Waals surface area contributed by atoms with Crippen LogP contribution >= 0.6 is 0 Å². The van der Waals surface area contributed by atoms with Crippen molar-refractivity contribution in [2.75, 3.05) is 31.6 Å². The van der Waals surface area contributed by atoms with Gasteiger partial charge in [0.15, 0.2) is 0 Å². The van der Waals surface area contributed by atoms with Crippen LogP contribution in [0.4, 0.5) is 5.82 Å². The number of nitrogens with zero attached hydrogens (tertiary/aromatic N) is 5. The van der Waals surface area contributed by atoms with Crippen LogP contribution in [0.25, 0.3) is 11.0 Å². The summed E-state index contributed by atoms with van der Waals surface area (Å²) in [6, 6.07) is 8.00. The van der Waals surface area contributed by atoms with Gasteiger partial charge in [0.25, 0.3) is 0 Å². The third kappa shape index (κ3) is 5.02. The number of hydrogen-bond acceptors (Lipinski definition) is 6. The predicted octanol–water partition coefficient (Wildman–Crippen LogP) is 2.39. The maximum atomic E-state index is 12.7. The number of amides is 1. The highest BCUT2D eigenvalue weighted by molar-refractivity contribution is 5.77. The lowest BCUT2D eigenvalue weighted by molar-refractivity contribution is -0.133. The first-order chi connectivity index (χ1) is 14.8. The zero-order valence-electron chi connectivity index (χ0n) is 18.4. The fourth-order valence-corrected chi connectivity index (χ4v) is 4.29. The topological polar surface area (TPSA) is 98.2 Å². The SMILES string of the molecule is Cc1ccc2nc(CCC(=O)N(C)C[C@]3(O)CCCN(c4cc(C)ncn4)C3)[nH]c2c1. The lowest BCUT2D eigenvalue weighted by atomic mass is 9.92. The number of rotatable bonds is 6. The average Bonchev–Trinajstić information content (AvgIpc) is 3.13. The van der Waals surface area contributed by atoms with Crippen molar-refractivity contribution in [2.24, 2.45) is 0 Å². The number of anilines is 1. The van der Waals surface area contributed by atoms with E-state index in [-0.39, 0.29) is 5.91 Å². The summed E-state index contributed by atoms with van der Waals surface area (Å²) in [5, 5.41) is 11.2. The van der Waals surface area contributed by atoms with Crippen LogP contribution in [-0.4, -0.2) is 68.1 Å². The highest BCUT2D eigenvalue weighted by Gasteiger charge is 2.36. The quantitative estimate of drug-likeness (QED) is 0.633. The molecule has 8 heteroatoms. The number of aromatic nitrogens is 4. The van der Waals surface area contributed by atoms with Gasteiger partial charge in [-0.25, -0.2) is 15.0 Å². The molecule has 1 aliphatic heterocycles. The molecule has 1 aromatic carbocycles. The maximum Gasteiger partial charge on any atom is 0.222 e. The number of fused-ring (bicyclic) bond motifs is 1. The average molecular weight is 423 g/mol. The molecule has 1 atom stereocenters. The predicted molar refractivity (Wildman–Crippen MR) is 120 cm³/mol. The Hall–Kier alpha value is -3.00. The molecule has 31 heavy (non-hydrogen) atoms. The number of H-pyrrole nitrogens is 1. The molecule has 1 saturated heterocycles. The van der Waals surface area contributed by atoms with Crippen molar-refractivity contribution in [3.8, 4) is 0 Å². The maximum absolute atomic E-state index is 12.7. The molecule has 1 amide bonds. The molecule has 2 N–H and O–H groups in total. The van der Waals surface area contributed by atoms with Gasteiger partial charge in [0.2, 0.25) is 5.91 Å². The van der Waals surface area contributed by atoms with Crippen molar-refractivity contribution in [1.29, 1.82) is 0 Å². The smallest absolute Gasteiger partial charge is 0.222 e. The molecule has 8 nitrogen and oxygen atoms in total. The van der Waals surface area contributed by atoms with Crippen LogP contribution in [0.1, 0.15) is 36.3 Å². The first-order valence-electron chi connectivity index (χ1n) is 10.8. The molecule has 0 spiro atoms. The van der Waals surface area contributed by atoms with E-state index in [2.05, 4.69) is 30.9 Å². The van der Waals surface area contributed by atoms with Crippen LogP contribution in [0.3, 0.4) is 0 Å². The van der Waals surface area contributed by atoms with Crippen molar-refractivity contribution in [3.05, 3.63) is 47.7 Å². The molecule has 0 unspecified atom stereocenters. The van der Waals surface area contributed by atoms with Gasteiger partial charge in [0.05, 0.1) is 23.2 Å². The molecule has 0 bridgehead atoms. The number of nitrogens with one attached hydrogen (secondary N) is 1. The van der Waals surface area contributed by atoms with Gasteiger partial charge in [-0.05, 0) is 44.4 Å². The Morgan fingerprint density at radius 2 is 2.13 bits per heavy atom. The Bertz CT molecular complexity index is 1080. The summed E-state index contributed by atoms with van der Waals surface area (Å²) in [5.74, 6) is 1.63. The number of likely N-dealkylation sites (N-methyl/N-ethyl adjacent to an activating group) is 1. The zero-order chi connectivity index (χ0) is 22.0. The number of aliphatic hydroxyl groups is 1. The third-order valence-corrected chi connectivity index (χ3v) is 5.89. The van der Waals surface area contributed by atoms with Gasteiger partial charge in [0.1, 0.15) is 18.0 Å². The third-order valence-electron chi connectivity index (χ3n) is 5.89. The van der Waals surface area contributed by atoms with Gasteiger partial charge in [-0.3, -0.25) is 4.79 Å². The lowest BCUT2D eigenvalue weighted by Crippen LogP contribution is -2.55. The van der Waals surface area contributed by atoms with Crippen LogP contribution < -0.4 is 4.90 Å². The fourth-order valence-electron chi connectivity index (χ4n) is 4.29. The number of aryl methyl sites for hydroxylation is 3. The van der Waals surface area contributed by atoms with Crippen molar-refractivity contribution in [1.82, 2.24) is 24.8 Å². The van der Waals surface area contributed by atoms with Gasteiger partial charge in [0, 0.05) is 44.7 Å². The van der Waals surface area contributed by atoms with E-state index < -0.39 is 5.60 Å². The van der Waals surface area contributed by atoms with Gasteiger partial charge >= 0.3 is 0 Å². The molecule has 0 radical (unpaired) electrons. The summed E-state index contributed by atoms with van der Waals surface area (Å²) < 4.78 is 0. The molecule has 1 fully saturated rings. The standard InChI is InChI=1S/C23H30N6O2/c1-16-5-6-18-19(11-16)27-20(26-18)7-8-22(30)28(3)13-23(31)9-4-10-29(14-23)21-12-17(2)24-15-25-21/h5-6,11-12,15,31H,4,7-10,13-14H2,1-3H3,(H,26,27)/t23-/m1/s1. The molecule has 2 aromatic heterocycles. The van der Waals surface area contributed by atoms with Crippen LogP contribution in [-0.2, 0) is 11.2 Å². The van der Waals surface area contributed by atoms with Crippen molar-refractivity contribution in [3.63, 3.8) is 0 Å². The molecular formula is C23H30N6O2. The van der Waals surface area contributed by atoms with E-state index >= 15 is 0 Å². The molecule has 0 aliphatic carbocycles. The summed E-state index contributed by atoms with van der Waals surface area (Å²) in [5.41, 5.74) is 3.01. The van der Waals surface area contributed by atoms with Gasteiger partial charge in [-0.15, -0.1) is 0 Å². The van der Waals surface area contributed by atoms with Crippen LogP contribution in [0.2, 0.25) is 0 Å². The van der Waals surface area contributed by atoms with Gasteiger partial charge < -0.3 is 19.9 Å². The Morgan fingerprint density at radius 3 is 2.94 bits per heavy atom. The first kappa shape index (κ1) is 21.2. The molecule has 0 saturated carbocycles. The normalized spacial score (nSPS) is 19.0. The fraction of sp³-hybridized carbons (Fsp3) is 0.478. The summed E-state index contributed by atoms with van der Waals surface area (Å²) in [6.07, 6.45) is 3.95. The van der Waals surface area contributed by atoms with E-state index in [9.17, 15) is 9.90 Å². The Morgan fingerprint density at radius 1 is 1.29 bits per heavy atom. The number of benzene rings is 1. The van der Waals surface area contributed by atoms with E-state index in [1.54, 1.807) is 18.3 Å². The second kappa shape index (κ2) is 8.63. The van der Waals surface area contributed by atoms with Crippen LogP contribution in [0.5, 0.6) is 0 Å². The summed E-state index contributed by atoms with van der Waals surface area (Å²) in [6.45, 7) is 5.55. The molecule has 4 rings (SSSR count). The highest BCUT2D eigenvalue weighted by atomic mass is 16.3. The number of imidazole rings is 1. The minimum atomic E-state index is -0.960. The summed E-state index contributed by atoms with van der Waals surface area (Å²) in [7, 11) is 1.76. The minimum absolute atomic E-state index is 0.0000608. The largest absolute Gasteiger partial charge is 0.386 e. The number of carbonyl (C=O) groups excluding carboxylic acids is 1. The number of carbonyl (C=O) groups is 1.